The number of rotatable bonds is 4. The highest BCUT2D eigenvalue weighted by Crippen LogP contribution is 2.31. The van der Waals surface area contributed by atoms with Crippen molar-refractivity contribution in [3.8, 4) is 0 Å². The standard InChI is InChI=1S/C12H19N.C12H18.C11H16.C10H13Cl.C10H13NO2.C9H13N.C8H18.C6H12O/c1-12(2,3)10-6-8-11(9-7-10)13(4)5;1-9-6-10(2)8-11(7-9)12(3,4)5;1-9-6-5-7-10(8-9)11(2,3)4;1-10(2,3)8-5-4-6-9(11)7-8;1-10(2,3)8-6-4-5-7-9(8)11(12)13;1-9(2,3)8-6-4-5-7-10-8;1-5-6-7-8(2,3)4;1-5(7)6(2,3)4/h6-9H,1-5H3;6-8H,1-5H3;5-8H,1-4H3;4-7H,1-3H3;4-7H,1-3H3;4-7H,1-3H3;5-7H2,1-4H3;1-4H3. The van der Waals surface area contributed by atoms with Gasteiger partial charge in [-0.05, 0) is 125 Å². The molecule has 7 heteroatoms. The number of carbonyl (C=O) groups excluding carboxylic acids is 1. The lowest BCUT2D eigenvalue weighted by Gasteiger charge is -2.20. The van der Waals surface area contributed by atoms with Gasteiger partial charge < -0.3 is 4.90 Å². The number of ketones is 1. The predicted molar refractivity (Wildman–Crippen MR) is 378 cm³/mol. The Morgan fingerprint density at radius 2 is 0.918 bits per heavy atom. The van der Waals surface area contributed by atoms with E-state index in [0.717, 1.165) is 16.3 Å². The van der Waals surface area contributed by atoms with Gasteiger partial charge in [0.25, 0.3) is 5.69 Å². The third kappa shape index (κ3) is 37.6. The molecule has 0 saturated carbocycles. The van der Waals surface area contributed by atoms with E-state index in [9.17, 15) is 14.9 Å². The van der Waals surface area contributed by atoms with Crippen molar-refractivity contribution in [2.75, 3.05) is 19.0 Å². The molecule has 5 aromatic carbocycles. The van der Waals surface area contributed by atoms with Crippen LogP contribution in [0, 0.1) is 41.7 Å². The van der Waals surface area contributed by atoms with Gasteiger partial charge in [-0.1, -0.05) is 305 Å². The summed E-state index contributed by atoms with van der Waals surface area (Å²) in [5.41, 5.74) is 14.4. The van der Waals surface area contributed by atoms with Crippen LogP contribution in [-0.2, 0) is 37.3 Å². The Morgan fingerprint density at radius 1 is 0.494 bits per heavy atom. The molecule has 1 heterocycles. The van der Waals surface area contributed by atoms with E-state index in [1.807, 2.05) is 84.1 Å². The molecule has 0 fully saturated rings. The van der Waals surface area contributed by atoms with Crippen molar-refractivity contribution in [2.45, 2.75) is 253 Å². The average Bonchev–Trinajstić information content (AvgIpc) is 3.47. The van der Waals surface area contributed by atoms with Crippen LogP contribution in [0.25, 0.3) is 0 Å². The van der Waals surface area contributed by atoms with Crippen LogP contribution < -0.4 is 4.90 Å². The van der Waals surface area contributed by atoms with Crippen LogP contribution >= 0.6 is 11.6 Å². The van der Waals surface area contributed by atoms with Crippen molar-refractivity contribution >= 4 is 28.8 Å². The largest absolute Gasteiger partial charge is 0.378 e. The molecule has 0 bridgehead atoms. The molecule has 474 valence electrons. The quantitative estimate of drug-likeness (QED) is 0.130. The average molecular weight is 1190 g/mol. The second-order valence-electron chi connectivity index (χ2n) is 31.2. The molecule has 0 aliphatic carbocycles. The number of carbonyl (C=O) groups is 1. The fourth-order valence-electron chi connectivity index (χ4n) is 7.51. The molecule has 0 atom stereocenters. The monoisotopic (exact) mass is 1180 g/mol. The number of unbranched alkanes of at least 4 members (excludes halogenated alkanes) is 1. The molecule has 1 aromatic heterocycles. The minimum atomic E-state index is -0.333. The van der Waals surface area contributed by atoms with Crippen LogP contribution in [0.3, 0.4) is 0 Å². The van der Waals surface area contributed by atoms with Gasteiger partial charge in [-0.3, -0.25) is 19.9 Å². The minimum Gasteiger partial charge on any atom is -0.378 e. The summed E-state index contributed by atoms with van der Waals surface area (Å²) in [6.45, 7) is 62.0. The zero-order chi connectivity index (χ0) is 66.8. The smallest absolute Gasteiger partial charge is 0.273 e. The number of aryl methyl sites for hydroxylation is 3. The van der Waals surface area contributed by atoms with Gasteiger partial charge >= 0.3 is 0 Å². The van der Waals surface area contributed by atoms with Crippen molar-refractivity contribution in [2.24, 2.45) is 10.8 Å². The highest BCUT2D eigenvalue weighted by Gasteiger charge is 2.24. The number of nitro benzene ring substituents is 1. The van der Waals surface area contributed by atoms with Crippen LogP contribution in [0.4, 0.5) is 11.4 Å². The van der Waals surface area contributed by atoms with Crippen LogP contribution in [0.15, 0.2) is 140 Å². The van der Waals surface area contributed by atoms with Crippen molar-refractivity contribution in [1.82, 2.24) is 4.98 Å². The first-order valence-corrected chi connectivity index (χ1v) is 31.1. The zero-order valence-corrected chi connectivity index (χ0v) is 60.6. The second kappa shape index (κ2) is 35.9. The van der Waals surface area contributed by atoms with Gasteiger partial charge in [0, 0.05) is 59.2 Å². The molecule has 6 aromatic rings. The lowest BCUT2D eigenvalue weighted by atomic mass is 9.85. The lowest BCUT2D eigenvalue weighted by molar-refractivity contribution is -0.386. The fourth-order valence-corrected chi connectivity index (χ4v) is 7.70. The summed E-state index contributed by atoms with van der Waals surface area (Å²) in [6, 6.07) is 45.1. The molecule has 6 nitrogen and oxygen atoms in total. The molecule has 0 saturated heterocycles. The molecular formula is C78H122ClN3O3. The summed E-state index contributed by atoms with van der Waals surface area (Å²) in [5, 5.41) is 11.5. The van der Waals surface area contributed by atoms with E-state index in [-0.39, 0.29) is 54.3 Å². The van der Waals surface area contributed by atoms with Crippen LogP contribution in [0.2, 0.25) is 5.02 Å². The van der Waals surface area contributed by atoms with E-state index in [4.69, 9.17) is 11.6 Å². The third-order valence-corrected chi connectivity index (χ3v) is 13.8. The van der Waals surface area contributed by atoms with Gasteiger partial charge in [0.2, 0.25) is 0 Å². The summed E-state index contributed by atoms with van der Waals surface area (Å²) < 4.78 is 0. The van der Waals surface area contributed by atoms with Gasteiger partial charge in [0.1, 0.15) is 5.78 Å². The normalized spacial score (nSPS) is 11.6. The molecule has 0 N–H and O–H groups in total. The number of nitro groups is 1. The molecule has 0 amide bonds. The number of anilines is 1. The molecule has 0 aliphatic rings. The molecule has 85 heavy (non-hydrogen) atoms. The minimum absolute atomic E-state index is 0.139. The molecule has 0 unspecified atom stereocenters. The number of halogens is 1. The predicted octanol–water partition coefficient (Wildman–Crippen LogP) is 23.7. The lowest BCUT2D eigenvalue weighted by Crippen LogP contribution is -2.15. The van der Waals surface area contributed by atoms with E-state index in [1.165, 1.54) is 63.9 Å². The number of pyridine rings is 1. The van der Waals surface area contributed by atoms with Crippen molar-refractivity contribution in [3.63, 3.8) is 0 Å². The zero-order valence-electron chi connectivity index (χ0n) is 59.8. The Hall–Kier alpha value is -5.59. The summed E-state index contributed by atoms with van der Waals surface area (Å²) in [6.07, 6.45) is 5.91. The van der Waals surface area contributed by atoms with E-state index >= 15 is 0 Å². The maximum absolute atomic E-state index is 10.7. The Bertz CT molecular complexity index is 2750. The molecule has 6 rings (SSSR count). The van der Waals surface area contributed by atoms with E-state index in [0.29, 0.717) is 5.41 Å². The Kier molecular flexibility index (Phi) is 34.4. The summed E-state index contributed by atoms with van der Waals surface area (Å²) in [4.78, 5) is 27.2. The first-order valence-electron chi connectivity index (χ1n) is 30.7. The van der Waals surface area contributed by atoms with Gasteiger partial charge in [0.05, 0.1) is 4.92 Å². The number of benzene rings is 5. The van der Waals surface area contributed by atoms with Gasteiger partial charge in [-0.2, -0.15) is 0 Å². The van der Waals surface area contributed by atoms with Crippen LogP contribution in [-0.4, -0.2) is 29.8 Å². The summed E-state index contributed by atoms with van der Waals surface area (Å²) >= 11 is 5.85. The molecular weight excluding hydrogens is 1060 g/mol. The third-order valence-electron chi connectivity index (χ3n) is 13.6. The van der Waals surface area contributed by atoms with Crippen molar-refractivity contribution in [3.05, 3.63) is 205 Å². The van der Waals surface area contributed by atoms with E-state index in [1.54, 1.807) is 25.1 Å². The summed E-state index contributed by atoms with van der Waals surface area (Å²) in [5.74, 6) is 0.243. The number of aromatic nitrogens is 1. The van der Waals surface area contributed by atoms with Crippen LogP contribution in [0.1, 0.15) is 249 Å². The SMILES string of the molecule is CC(=O)C(C)(C)C.CC(C)(C)c1cccc(Cl)c1.CC(C)(C)c1ccccc1[N+](=O)[O-].CC(C)(C)c1ccccn1.CCCCC(C)(C)C.CN(C)c1ccc(C(C)(C)C)cc1.Cc1cc(C)cc(C(C)(C)C)c1.Cc1cccc(C(C)(C)C)c1. The maximum atomic E-state index is 10.7. The van der Waals surface area contributed by atoms with Crippen LogP contribution in [0.5, 0.6) is 0 Å². The summed E-state index contributed by atoms with van der Waals surface area (Å²) in [7, 11) is 4.12. The maximum Gasteiger partial charge on any atom is 0.273 e. The van der Waals surface area contributed by atoms with Gasteiger partial charge in [-0.15, -0.1) is 0 Å². The molecule has 0 aliphatic heterocycles. The van der Waals surface area contributed by atoms with E-state index < -0.39 is 0 Å². The number of hydrogen-bond acceptors (Lipinski definition) is 5. The molecule has 0 spiro atoms. The number of nitrogens with zero attached hydrogens (tertiary/aromatic N) is 3. The van der Waals surface area contributed by atoms with Crippen molar-refractivity contribution < 1.29 is 9.72 Å². The van der Waals surface area contributed by atoms with Gasteiger partial charge in [-0.25, -0.2) is 0 Å². The number of Topliss-reactive ketones (excluding diaryl/α,β-unsaturated/α-hetero) is 1. The first kappa shape index (κ1) is 81.5. The second-order valence-corrected chi connectivity index (χ2v) is 31.6. The Morgan fingerprint density at radius 3 is 1.20 bits per heavy atom. The fraction of sp³-hybridized carbons (Fsp3) is 0.538. The highest BCUT2D eigenvalue weighted by atomic mass is 35.5. The van der Waals surface area contributed by atoms with Crippen molar-refractivity contribution in [1.29, 1.82) is 0 Å². The van der Waals surface area contributed by atoms with E-state index in [2.05, 4.69) is 255 Å². The highest BCUT2D eigenvalue weighted by molar-refractivity contribution is 6.30. The Labute approximate surface area is 528 Å². The topological polar surface area (TPSA) is 76.3 Å². The number of hydrogen-bond donors (Lipinski definition) is 0. The first-order chi connectivity index (χ1) is 38.3. The molecule has 0 radical (unpaired) electrons. The number of para-hydroxylation sites is 1. The Balaban J connectivity index is 0. The van der Waals surface area contributed by atoms with Gasteiger partial charge in [0.15, 0.2) is 0 Å².